The largest absolute Gasteiger partial charge is 0.315 e. The standard InChI is InChI=1S/C10H17BrN2O2S2/c1-4-7(2)13-17(14,15)9-5-8(6-12-3)16-10(9)11/h5,7,12-13H,4,6H2,1-3H3. The number of thiophene rings is 1. The molecule has 0 amide bonds. The molecule has 0 saturated heterocycles. The van der Waals surface area contributed by atoms with E-state index in [1.807, 2.05) is 20.9 Å². The van der Waals surface area contributed by atoms with Crippen molar-refractivity contribution in [3.05, 3.63) is 14.7 Å². The van der Waals surface area contributed by atoms with Gasteiger partial charge < -0.3 is 5.32 Å². The quantitative estimate of drug-likeness (QED) is 0.835. The van der Waals surface area contributed by atoms with Gasteiger partial charge >= 0.3 is 0 Å². The highest BCUT2D eigenvalue weighted by Gasteiger charge is 2.22. The second-order valence-electron chi connectivity index (χ2n) is 3.81. The zero-order valence-corrected chi connectivity index (χ0v) is 13.3. The summed E-state index contributed by atoms with van der Waals surface area (Å²) >= 11 is 4.74. The summed E-state index contributed by atoms with van der Waals surface area (Å²) in [5.41, 5.74) is 0. The van der Waals surface area contributed by atoms with E-state index in [-0.39, 0.29) is 6.04 Å². The fourth-order valence-corrected chi connectivity index (χ4v) is 5.28. The maximum Gasteiger partial charge on any atom is 0.242 e. The molecule has 7 heteroatoms. The molecule has 4 nitrogen and oxygen atoms in total. The Kier molecular flexibility index (Phi) is 5.59. The summed E-state index contributed by atoms with van der Waals surface area (Å²) in [5, 5.41) is 3.00. The molecule has 1 atom stereocenters. The maximum absolute atomic E-state index is 12.1. The normalized spacial score (nSPS) is 13.9. The summed E-state index contributed by atoms with van der Waals surface area (Å²) in [5.74, 6) is 0. The third-order valence-corrected chi connectivity index (χ3v) is 6.16. The molecule has 0 saturated carbocycles. The lowest BCUT2D eigenvalue weighted by Gasteiger charge is -2.11. The van der Waals surface area contributed by atoms with Crippen molar-refractivity contribution in [2.45, 2.75) is 37.8 Å². The molecule has 1 aromatic heterocycles. The summed E-state index contributed by atoms with van der Waals surface area (Å²) in [7, 11) is -1.58. The molecule has 98 valence electrons. The minimum atomic E-state index is -3.41. The molecule has 1 aromatic rings. The zero-order valence-electron chi connectivity index (χ0n) is 10.1. The van der Waals surface area contributed by atoms with Gasteiger partial charge in [-0.25, -0.2) is 13.1 Å². The molecule has 0 aliphatic carbocycles. The van der Waals surface area contributed by atoms with Gasteiger partial charge in [0.05, 0.1) is 3.79 Å². The van der Waals surface area contributed by atoms with Crippen LogP contribution < -0.4 is 10.0 Å². The lowest BCUT2D eigenvalue weighted by atomic mass is 10.3. The average molecular weight is 341 g/mol. The van der Waals surface area contributed by atoms with E-state index in [2.05, 4.69) is 26.0 Å². The van der Waals surface area contributed by atoms with Crippen molar-refractivity contribution in [2.75, 3.05) is 7.05 Å². The Morgan fingerprint density at radius 1 is 1.53 bits per heavy atom. The van der Waals surface area contributed by atoms with E-state index in [1.165, 1.54) is 11.3 Å². The summed E-state index contributed by atoms with van der Waals surface area (Å²) in [4.78, 5) is 1.32. The third-order valence-electron chi connectivity index (χ3n) is 2.32. The van der Waals surface area contributed by atoms with Gasteiger partial charge in [-0.2, -0.15) is 0 Å². The smallest absolute Gasteiger partial charge is 0.242 e. The molecule has 0 bridgehead atoms. The van der Waals surface area contributed by atoms with Crippen LogP contribution in [-0.4, -0.2) is 21.5 Å². The van der Waals surface area contributed by atoms with Crippen molar-refractivity contribution in [1.29, 1.82) is 0 Å². The van der Waals surface area contributed by atoms with E-state index in [0.29, 0.717) is 15.2 Å². The van der Waals surface area contributed by atoms with E-state index < -0.39 is 10.0 Å². The SMILES string of the molecule is CCC(C)NS(=O)(=O)c1cc(CNC)sc1Br. The van der Waals surface area contributed by atoms with Crippen LogP contribution in [0.1, 0.15) is 25.1 Å². The third kappa shape index (κ3) is 4.03. The van der Waals surface area contributed by atoms with Crippen molar-refractivity contribution < 1.29 is 8.42 Å². The molecular weight excluding hydrogens is 324 g/mol. The van der Waals surface area contributed by atoms with Crippen LogP contribution in [0.4, 0.5) is 0 Å². The first-order valence-corrected chi connectivity index (χ1v) is 8.45. The molecule has 0 radical (unpaired) electrons. The molecule has 17 heavy (non-hydrogen) atoms. The highest BCUT2D eigenvalue weighted by Crippen LogP contribution is 2.31. The predicted octanol–water partition coefficient (Wildman–Crippen LogP) is 2.31. The van der Waals surface area contributed by atoms with E-state index >= 15 is 0 Å². The van der Waals surface area contributed by atoms with Crippen molar-refractivity contribution in [1.82, 2.24) is 10.0 Å². The van der Waals surface area contributed by atoms with E-state index in [9.17, 15) is 8.42 Å². The first-order chi connectivity index (χ1) is 7.90. The number of nitrogens with one attached hydrogen (secondary N) is 2. The van der Waals surface area contributed by atoms with Gasteiger partial charge in [0.15, 0.2) is 0 Å². The Morgan fingerprint density at radius 3 is 2.71 bits per heavy atom. The average Bonchev–Trinajstić information content (AvgIpc) is 2.60. The summed E-state index contributed by atoms with van der Waals surface area (Å²) in [6.45, 7) is 4.47. The molecule has 1 rings (SSSR count). The van der Waals surface area contributed by atoms with Crippen LogP contribution >= 0.6 is 27.3 Å². The maximum atomic E-state index is 12.1. The van der Waals surface area contributed by atoms with Gasteiger partial charge in [-0.05, 0) is 42.4 Å². The van der Waals surface area contributed by atoms with E-state index in [0.717, 1.165) is 11.3 Å². The second kappa shape index (κ2) is 6.29. The summed E-state index contributed by atoms with van der Waals surface area (Å²) in [6, 6.07) is 1.65. The van der Waals surface area contributed by atoms with Gasteiger partial charge in [0.25, 0.3) is 0 Å². The van der Waals surface area contributed by atoms with Crippen LogP contribution in [0.5, 0.6) is 0 Å². The molecule has 2 N–H and O–H groups in total. The monoisotopic (exact) mass is 340 g/mol. The van der Waals surface area contributed by atoms with Crippen LogP contribution in [0.2, 0.25) is 0 Å². The van der Waals surface area contributed by atoms with Gasteiger partial charge in [0.1, 0.15) is 4.90 Å². The zero-order chi connectivity index (χ0) is 13.1. The van der Waals surface area contributed by atoms with E-state index in [1.54, 1.807) is 6.07 Å². The first-order valence-electron chi connectivity index (χ1n) is 5.35. The summed E-state index contributed by atoms with van der Waals surface area (Å²) < 4.78 is 27.5. The number of halogens is 1. The van der Waals surface area contributed by atoms with Crippen molar-refractivity contribution in [3.8, 4) is 0 Å². The molecular formula is C10H17BrN2O2S2. The van der Waals surface area contributed by atoms with Gasteiger partial charge in [-0.15, -0.1) is 11.3 Å². The Morgan fingerprint density at radius 2 is 2.18 bits per heavy atom. The van der Waals surface area contributed by atoms with Crippen LogP contribution in [0.15, 0.2) is 14.7 Å². The lowest BCUT2D eigenvalue weighted by molar-refractivity contribution is 0.556. The van der Waals surface area contributed by atoms with Gasteiger partial charge in [-0.3, -0.25) is 0 Å². The number of hydrogen-bond acceptors (Lipinski definition) is 4. The number of sulfonamides is 1. The van der Waals surface area contributed by atoms with Gasteiger partial charge in [0.2, 0.25) is 10.0 Å². The van der Waals surface area contributed by atoms with Crippen LogP contribution in [-0.2, 0) is 16.6 Å². The topological polar surface area (TPSA) is 58.2 Å². The van der Waals surface area contributed by atoms with Crippen LogP contribution in [0.3, 0.4) is 0 Å². The highest BCUT2D eigenvalue weighted by atomic mass is 79.9. The molecule has 0 aliphatic heterocycles. The fourth-order valence-electron chi connectivity index (χ4n) is 1.25. The Hall–Kier alpha value is 0.0500. The molecule has 0 aromatic carbocycles. The second-order valence-corrected chi connectivity index (χ2v) is 7.95. The first kappa shape index (κ1) is 15.1. The van der Waals surface area contributed by atoms with Gasteiger partial charge in [-0.1, -0.05) is 6.92 Å². The lowest BCUT2D eigenvalue weighted by Crippen LogP contribution is -2.31. The Bertz CT molecular complexity index is 471. The van der Waals surface area contributed by atoms with Crippen molar-refractivity contribution >= 4 is 37.3 Å². The van der Waals surface area contributed by atoms with E-state index in [4.69, 9.17) is 0 Å². The fraction of sp³-hybridized carbons (Fsp3) is 0.600. The molecule has 1 heterocycles. The predicted molar refractivity (Wildman–Crippen MR) is 74.9 cm³/mol. The minimum Gasteiger partial charge on any atom is -0.315 e. The Labute approximate surface area is 115 Å². The van der Waals surface area contributed by atoms with Crippen molar-refractivity contribution in [3.63, 3.8) is 0 Å². The molecule has 0 spiro atoms. The Balaban J connectivity index is 2.98. The highest BCUT2D eigenvalue weighted by molar-refractivity contribution is 9.11. The molecule has 1 unspecified atom stereocenters. The molecule has 0 aliphatic rings. The number of hydrogen-bond donors (Lipinski definition) is 2. The summed E-state index contributed by atoms with van der Waals surface area (Å²) in [6.07, 6.45) is 0.768. The van der Waals surface area contributed by atoms with Crippen molar-refractivity contribution in [2.24, 2.45) is 0 Å². The number of rotatable bonds is 6. The molecule has 0 fully saturated rings. The van der Waals surface area contributed by atoms with Gasteiger partial charge in [0, 0.05) is 17.5 Å². The van der Waals surface area contributed by atoms with Crippen LogP contribution in [0.25, 0.3) is 0 Å². The van der Waals surface area contributed by atoms with Crippen LogP contribution in [0, 0.1) is 0 Å². The minimum absolute atomic E-state index is 0.0560.